The topological polar surface area (TPSA) is 83.6 Å². The van der Waals surface area contributed by atoms with Gasteiger partial charge < -0.3 is 10.2 Å². The Labute approximate surface area is 107 Å². The number of nitro benzene ring substituents is 1. The molecule has 2 unspecified atom stereocenters. The number of nitrogens with zero attached hydrogens (tertiary/aromatic N) is 1. The lowest BCUT2D eigenvalue weighted by Crippen LogP contribution is -2.20. The van der Waals surface area contributed by atoms with E-state index in [9.17, 15) is 29.1 Å². The molecule has 0 fully saturated rings. The zero-order valence-electron chi connectivity index (χ0n) is 9.08. The smallest absolute Gasteiger partial charge is 0.305 e. The number of benzene rings is 1. The number of aliphatic hydroxyl groups excluding tert-OH is 2. The molecule has 0 radical (unpaired) electrons. The van der Waals surface area contributed by atoms with Gasteiger partial charge in [-0.25, -0.2) is 4.39 Å². The van der Waals surface area contributed by atoms with Crippen molar-refractivity contribution in [1.29, 1.82) is 0 Å². The molecule has 100 valence electrons. The molecular formula is C10H11F2NO4S. The first-order valence-corrected chi connectivity index (χ1v) is 5.62. The molecule has 1 aromatic carbocycles. The lowest BCUT2D eigenvalue weighted by atomic mass is 10.0. The van der Waals surface area contributed by atoms with E-state index in [1.54, 1.807) is 0 Å². The molecule has 0 heterocycles. The first-order chi connectivity index (χ1) is 8.38. The summed E-state index contributed by atoms with van der Waals surface area (Å²) >= 11 is 3.83. The maximum absolute atomic E-state index is 13.4. The first kappa shape index (κ1) is 14.8. The molecule has 0 aliphatic carbocycles. The van der Waals surface area contributed by atoms with Crippen LogP contribution in [-0.4, -0.2) is 27.0 Å². The van der Waals surface area contributed by atoms with Gasteiger partial charge in [0.2, 0.25) is 5.82 Å². The van der Waals surface area contributed by atoms with Crippen LogP contribution in [0.25, 0.3) is 0 Å². The maximum Gasteiger partial charge on any atom is 0.305 e. The van der Waals surface area contributed by atoms with Crippen LogP contribution in [0.4, 0.5) is 14.5 Å². The Balaban J connectivity index is 3.15. The van der Waals surface area contributed by atoms with Gasteiger partial charge in [0.25, 0.3) is 0 Å². The second-order valence-electron chi connectivity index (χ2n) is 3.61. The molecule has 8 heteroatoms. The Morgan fingerprint density at radius 3 is 2.44 bits per heavy atom. The largest absolute Gasteiger partial charge is 0.390 e. The van der Waals surface area contributed by atoms with Crippen LogP contribution in [0.1, 0.15) is 18.1 Å². The van der Waals surface area contributed by atoms with E-state index in [4.69, 9.17) is 0 Å². The minimum Gasteiger partial charge on any atom is -0.390 e. The number of hydrogen-bond acceptors (Lipinski definition) is 5. The van der Waals surface area contributed by atoms with Gasteiger partial charge in [0.15, 0.2) is 0 Å². The van der Waals surface area contributed by atoms with Crippen molar-refractivity contribution in [1.82, 2.24) is 0 Å². The van der Waals surface area contributed by atoms with Crippen LogP contribution in [-0.2, 0) is 0 Å². The van der Waals surface area contributed by atoms with E-state index in [0.717, 1.165) is 0 Å². The van der Waals surface area contributed by atoms with Crippen molar-refractivity contribution in [3.63, 3.8) is 0 Å². The van der Waals surface area contributed by atoms with Crippen molar-refractivity contribution in [3.05, 3.63) is 39.4 Å². The second-order valence-corrected chi connectivity index (χ2v) is 4.05. The van der Waals surface area contributed by atoms with Gasteiger partial charge in [-0.1, -0.05) is 0 Å². The van der Waals surface area contributed by atoms with Gasteiger partial charge in [0, 0.05) is 17.7 Å². The summed E-state index contributed by atoms with van der Waals surface area (Å²) in [5, 5.41) is 29.6. The molecule has 0 amide bonds. The van der Waals surface area contributed by atoms with Crippen LogP contribution >= 0.6 is 12.6 Å². The summed E-state index contributed by atoms with van der Waals surface area (Å²) in [6.07, 6.45) is -2.94. The highest BCUT2D eigenvalue weighted by atomic mass is 32.1. The average molecular weight is 279 g/mol. The van der Waals surface area contributed by atoms with Crippen LogP contribution in [0.15, 0.2) is 12.1 Å². The van der Waals surface area contributed by atoms with E-state index < -0.39 is 40.0 Å². The molecule has 1 aromatic rings. The minimum atomic E-state index is -1.67. The molecule has 1 rings (SSSR count). The lowest BCUT2D eigenvalue weighted by molar-refractivity contribution is -0.387. The normalized spacial score (nSPS) is 14.3. The summed E-state index contributed by atoms with van der Waals surface area (Å²) in [6, 6.07) is 0.890. The molecule has 2 atom stereocenters. The molecule has 2 N–H and O–H groups in total. The summed E-state index contributed by atoms with van der Waals surface area (Å²) in [5.41, 5.74) is -1.47. The van der Waals surface area contributed by atoms with Gasteiger partial charge in [-0.3, -0.25) is 10.1 Å². The summed E-state index contributed by atoms with van der Waals surface area (Å²) in [7, 11) is 0. The maximum atomic E-state index is 13.4. The average Bonchev–Trinajstić information content (AvgIpc) is 2.28. The van der Waals surface area contributed by atoms with E-state index in [1.165, 1.54) is 0 Å². The summed E-state index contributed by atoms with van der Waals surface area (Å²) in [5.74, 6) is -2.25. The molecule has 0 saturated carbocycles. The molecule has 0 aliphatic heterocycles. The molecule has 0 aliphatic rings. The van der Waals surface area contributed by atoms with E-state index in [-0.39, 0.29) is 12.2 Å². The quantitative estimate of drug-likeness (QED) is 0.434. The van der Waals surface area contributed by atoms with E-state index >= 15 is 0 Å². The standard InChI is InChI=1S/C10H11F2NO4S/c11-6-4-7(12)8(13(16)17)3-5(6)10(15)9(14)1-2-18/h3-4,9-10,14-15,18H,1-2H2. The van der Waals surface area contributed by atoms with Gasteiger partial charge in [-0.15, -0.1) is 0 Å². The fourth-order valence-electron chi connectivity index (χ4n) is 1.42. The van der Waals surface area contributed by atoms with Gasteiger partial charge >= 0.3 is 5.69 Å². The van der Waals surface area contributed by atoms with Crippen LogP contribution in [0.2, 0.25) is 0 Å². The number of halogens is 2. The van der Waals surface area contributed by atoms with Gasteiger partial charge in [0.05, 0.1) is 11.0 Å². The van der Waals surface area contributed by atoms with Crippen molar-refractivity contribution >= 4 is 18.3 Å². The number of rotatable bonds is 5. The minimum absolute atomic E-state index is 0.0644. The van der Waals surface area contributed by atoms with Gasteiger partial charge in [0.1, 0.15) is 11.9 Å². The van der Waals surface area contributed by atoms with Crippen molar-refractivity contribution in [2.24, 2.45) is 0 Å². The van der Waals surface area contributed by atoms with E-state index in [0.29, 0.717) is 12.1 Å². The molecule has 5 nitrogen and oxygen atoms in total. The van der Waals surface area contributed by atoms with Crippen LogP contribution in [0.3, 0.4) is 0 Å². The van der Waals surface area contributed by atoms with Crippen LogP contribution < -0.4 is 0 Å². The van der Waals surface area contributed by atoms with E-state index in [2.05, 4.69) is 12.6 Å². The molecular weight excluding hydrogens is 268 g/mol. The fourth-order valence-corrected chi connectivity index (χ4v) is 1.68. The number of hydrogen-bond donors (Lipinski definition) is 3. The molecule has 0 bridgehead atoms. The van der Waals surface area contributed by atoms with Crippen molar-refractivity contribution in [3.8, 4) is 0 Å². The van der Waals surface area contributed by atoms with Crippen molar-refractivity contribution in [2.75, 3.05) is 5.75 Å². The number of nitro groups is 1. The van der Waals surface area contributed by atoms with Gasteiger partial charge in [-0.2, -0.15) is 17.0 Å². The zero-order chi connectivity index (χ0) is 13.9. The third kappa shape index (κ3) is 3.15. The zero-order valence-corrected chi connectivity index (χ0v) is 9.98. The highest BCUT2D eigenvalue weighted by molar-refractivity contribution is 7.80. The monoisotopic (exact) mass is 279 g/mol. The highest BCUT2D eigenvalue weighted by Crippen LogP contribution is 2.28. The Morgan fingerprint density at radius 1 is 1.33 bits per heavy atom. The Hall–Kier alpha value is -1.25. The Kier molecular flexibility index (Phi) is 5.00. The van der Waals surface area contributed by atoms with E-state index in [1.807, 2.05) is 0 Å². The van der Waals surface area contributed by atoms with Crippen LogP contribution in [0, 0.1) is 21.7 Å². The SMILES string of the molecule is O=[N+]([O-])c1cc(C(O)C(O)CCS)c(F)cc1F. The van der Waals surface area contributed by atoms with Gasteiger partial charge in [-0.05, 0) is 12.2 Å². The summed E-state index contributed by atoms with van der Waals surface area (Å²) in [4.78, 5) is 9.46. The summed E-state index contributed by atoms with van der Waals surface area (Å²) in [6.45, 7) is 0. The molecule has 0 aromatic heterocycles. The lowest BCUT2D eigenvalue weighted by Gasteiger charge is -2.17. The molecule has 0 spiro atoms. The number of thiol groups is 1. The predicted molar refractivity (Wildman–Crippen MR) is 62.4 cm³/mol. The summed E-state index contributed by atoms with van der Waals surface area (Å²) < 4.78 is 26.4. The predicted octanol–water partition coefficient (Wildman–Crippen LogP) is 1.59. The Morgan fingerprint density at radius 2 is 1.94 bits per heavy atom. The third-order valence-electron chi connectivity index (χ3n) is 2.37. The third-order valence-corrected chi connectivity index (χ3v) is 2.63. The van der Waals surface area contributed by atoms with Crippen LogP contribution in [0.5, 0.6) is 0 Å². The molecule has 0 saturated heterocycles. The fraction of sp³-hybridized carbons (Fsp3) is 0.400. The second kappa shape index (κ2) is 6.07. The highest BCUT2D eigenvalue weighted by Gasteiger charge is 2.26. The first-order valence-electron chi connectivity index (χ1n) is 4.98. The number of aliphatic hydroxyl groups is 2. The van der Waals surface area contributed by atoms with Crippen molar-refractivity contribution < 1.29 is 23.9 Å². The Bertz CT molecular complexity index is 458. The van der Waals surface area contributed by atoms with Crippen molar-refractivity contribution in [2.45, 2.75) is 18.6 Å². The molecule has 18 heavy (non-hydrogen) atoms.